The number of nitrogens with two attached hydrogens (primary N) is 1. The Bertz CT molecular complexity index is 652. The summed E-state index contributed by atoms with van der Waals surface area (Å²) in [5.41, 5.74) is 5.93. The number of nitrogen functional groups attached to an aromatic ring is 1. The average molecular weight is 331 g/mol. The Morgan fingerprint density at radius 1 is 1.48 bits per heavy atom. The van der Waals surface area contributed by atoms with E-state index in [1.165, 1.54) is 7.05 Å². The Morgan fingerprint density at radius 2 is 2.14 bits per heavy atom. The van der Waals surface area contributed by atoms with Gasteiger partial charge in [-0.15, -0.1) is 11.3 Å². The van der Waals surface area contributed by atoms with Crippen LogP contribution in [0.4, 0.5) is 10.7 Å². The van der Waals surface area contributed by atoms with E-state index >= 15 is 0 Å². The Labute approximate surface area is 129 Å². The van der Waals surface area contributed by atoms with Crippen molar-refractivity contribution >= 4 is 37.8 Å². The summed E-state index contributed by atoms with van der Waals surface area (Å²) in [6.07, 6.45) is 4.37. The van der Waals surface area contributed by atoms with Gasteiger partial charge in [-0.3, -0.25) is 4.79 Å². The van der Waals surface area contributed by atoms with E-state index in [1.807, 2.05) is 0 Å². The molecule has 1 saturated carbocycles. The standard InChI is InChI=1S/C13H21N3O3S2/c1-4-5-7-6-8(7)16-13-11(21(3,18)19)9(14)10(20-13)12(17)15-2/h7-8,16H,4-6,14H2,1-3H3,(H,15,17). The van der Waals surface area contributed by atoms with E-state index in [0.717, 1.165) is 36.9 Å². The Hall–Kier alpha value is -1.28. The van der Waals surface area contributed by atoms with Crippen molar-refractivity contribution < 1.29 is 13.2 Å². The molecule has 0 saturated heterocycles. The van der Waals surface area contributed by atoms with Crippen LogP contribution >= 0.6 is 11.3 Å². The second-order valence-electron chi connectivity index (χ2n) is 5.39. The fraction of sp³-hybridized carbons (Fsp3) is 0.615. The number of hydrogen-bond donors (Lipinski definition) is 3. The van der Waals surface area contributed by atoms with Gasteiger partial charge in [-0.05, 0) is 18.8 Å². The molecule has 4 N–H and O–H groups in total. The summed E-state index contributed by atoms with van der Waals surface area (Å²) in [4.78, 5) is 12.1. The number of carbonyl (C=O) groups is 1. The Balaban J connectivity index is 2.34. The molecule has 6 nitrogen and oxygen atoms in total. The molecule has 8 heteroatoms. The third-order valence-electron chi connectivity index (χ3n) is 3.60. The molecular formula is C13H21N3O3S2. The first kappa shape index (κ1) is 16.1. The van der Waals surface area contributed by atoms with E-state index in [2.05, 4.69) is 17.6 Å². The minimum atomic E-state index is -3.49. The maximum Gasteiger partial charge on any atom is 0.263 e. The third-order valence-corrected chi connectivity index (χ3v) is 6.03. The van der Waals surface area contributed by atoms with Crippen molar-refractivity contribution in [3.63, 3.8) is 0 Å². The number of rotatable bonds is 6. The van der Waals surface area contributed by atoms with Gasteiger partial charge in [0.25, 0.3) is 5.91 Å². The van der Waals surface area contributed by atoms with E-state index in [1.54, 1.807) is 0 Å². The summed E-state index contributed by atoms with van der Waals surface area (Å²) in [6.45, 7) is 2.13. The minimum Gasteiger partial charge on any atom is -0.396 e. The van der Waals surface area contributed by atoms with Crippen LogP contribution in [0.5, 0.6) is 0 Å². The number of thiophene rings is 1. The molecule has 118 valence electrons. The van der Waals surface area contributed by atoms with Gasteiger partial charge in [0, 0.05) is 19.3 Å². The van der Waals surface area contributed by atoms with Crippen LogP contribution in [-0.4, -0.2) is 33.7 Å². The summed E-state index contributed by atoms with van der Waals surface area (Å²) in [5, 5.41) is 6.21. The molecule has 1 amide bonds. The van der Waals surface area contributed by atoms with Crippen LogP contribution in [0.25, 0.3) is 0 Å². The van der Waals surface area contributed by atoms with Gasteiger partial charge in [0.05, 0.1) is 5.69 Å². The summed E-state index contributed by atoms with van der Waals surface area (Å²) < 4.78 is 23.9. The topological polar surface area (TPSA) is 101 Å². The van der Waals surface area contributed by atoms with Crippen LogP contribution in [0, 0.1) is 5.92 Å². The zero-order valence-corrected chi connectivity index (χ0v) is 14.0. The quantitative estimate of drug-likeness (QED) is 0.736. The number of amides is 1. The van der Waals surface area contributed by atoms with E-state index < -0.39 is 9.84 Å². The van der Waals surface area contributed by atoms with Gasteiger partial charge < -0.3 is 16.4 Å². The van der Waals surface area contributed by atoms with Gasteiger partial charge in [-0.25, -0.2) is 8.42 Å². The molecule has 2 rings (SSSR count). The normalized spacial score (nSPS) is 21.1. The lowest BCUT2D eigenvalue weighted by molar-refractivity contribution is 0.0968. The zero-order valence-electron chi connectivity index (χ0n) is 12.4. The zero-order chi connectivity index (χ0) is 15.8. The van der Waals surface area contributed by atoms with E-state index in [4.69, 9.17) is 5.73 Å². The SMILES string of the molecule is CCCC1CC1Nc1sc(C(=O)NC)c(N)c1S(C)(=O)=O. The molecule has 0 aromatic carbocycles. The average Bonchev–Trinajstić information content (AvgIpc) is 3.01. The number of nitrogens with one attached hydrogen (secondary N) is 2. The highest BCUT2D eigenvalue weighted by Crippen LogP contribution is 2.44. The van der Waals surface area contributed by atoms with E-state index in [0.29, 0.717) is 10.9 Å². The molecule has 1 aliphatic rings. The summed E-state index contributed by atoms with van der Waals surface area (Å²) in [5.74, 6) is 0.213. The molecule has 0 spiro atoms. The largest absolute Gasteiger partial charge is 0.396 e. The number of anilines is 2. The van der Waals surface area contributed by atoms with E-state index in [9.17, 15) is 13.2 Å². The molecule has 0 bridgehead atoms. The van der Waals surface area contributed by atoms with Crippen molar-refractivity contribution in [1.29, 1.82) is 0 Å². The first-order valence-electron chi connectivity index (χ1n) is 6.90. The maximum atomic E-state index is 12.0. The summed E-state index contributed by atoms with van der Waals surface area (Å²) in [7, 11) is -2.00. The van der Waals surface area contributed by atoms with Crippen LogP contribution in [0.3, 0.4) is 0 Å². The van der Waals surface area contributed by atoms with Gasteiger partial charge in [-0.2, -0.15) is 0 Å². The number of sulfone groups is 1. The van der Waals surface area contributed by atoms with Gasteiger partial charge in [-0.1, -0.05) is 13.3 Å². The predicted molar refractivity (Wildman–Crippen MR) is 85.7 cm³/mol. The smallest absolute Gasteiger partial charge is 0.263 e. The Kier molecular flexibility index (Phi) is 4.48. The lowest BCUT2D eigenvalue weighted by atomic mass is 10.2. The van der Waals surface area contributed by atoms with Gasteiger partial charge in [0.15, 0.2) is 9.84 Å². The van der Waals surface area contributed by atoms with Crippen LogP contribution in [0.15, 0.2) is 4.90 Å². The van der Waals surface area contributed by atoms with Crippen molar-refractivity contribution in [1.82, 2.24) is 5.32 Å². The van der Waals surface area contributed by atoms with Gasteiger partial charge >= 0.3 is 0 Å². The van der Waals surface area contributed by atoms with Crippen molar-refractivity contribution in [2.24, 2.45) is 5.92 Å². The predicted octanol–water partition coefficient (Wildman–Crippen LogP) is 1.69. The molecule has 2 atom stereocenters. The molecule has 2 unspecified atom stereocenters. The van der Waals surface area contributed by atoms with Crippen molar-refractivity contribution in [2.75, 3.05) is 24.4 Å². The lowest BCUT2D eigenvalue weighted by Gasteiger charge is -2.06. The number of carbonyl (C=O) groups excluding carboxylic acids is 1. The molecule has 1 aromatic heterocycles. The first-order chi connectivity index (χ1) is 9.79. The van der Waals surface area contributed by atoms with Gasteiger partial charge in [0.1, 0.15) is 14.8 Å². The number of hydrogen-bond acceptors (Lipinski definition) is 6. The summed E-state index contributed by atoms with van der Waals surface area (Å²) >= 11 is 1.11. The van der Waals surface area contributed by atoms with Crippen molar-refractivity contribution in [3.8, 4) is 0 Å². The van der Waals surface area contributed by atoms with Crippen LogP contribution in [0.1, 0.15) is 35.9 Å². The minimum absolute atomic E-state index is 0.0389. The highest BCUT2D eigenvalue weighted by Gasteiger charge is 2.38. The Morgan fingerprint density at radius 3 is 2.67 bits per heavy atom. The monoisotopic (exact) mass is 331 g/mol. The highest BCUT2D eigenvalue weighted by atomic mass is 32.2. The highest BCUT2D eigenvalue weighted by molar-refractivity contribution is 7.91. The fourth-order valence-electron chi connectivity index (χ4n) is 2.46. The van der Waals surface area contributed by atoms with Crippen LogP contribution in [0.2, 0.25) is 0 Å². The lowest BCUT2D eigenvalue weighted by Crippen LogP contribution is -2.18. The van der Waals surface area contributed by atoms with Gasteiger partial charge in [0.2, 0.25) is 0 Å². The van der Waals surface area contributed by atoms with Crippen molar-refractivity contribution in [3.05, 3.63) is 4.88 Å². The second kappa shape index (κ2) is 5.84. The molecule has 21 heavy (non-hydrogen) atoms. The first-order valence-corrected chi connectivity index (χ1v) is 9.61. The van der Waals surface area contributed by atoms with Crippen molar-refractivity contribution in [2.45, 2.75) is 37.1 Å². The molecule has 1 aromatic rings. The van der Waals surface area contributed by atoms with E-state index in [-0.39, 0.29) is 27.4 Å². The van der Waals surface area contributed by atoms with Crippen LogP contribution in [-0.2, 0) is 9.84 Å². The molecular weight excluding hydrogens is 310 g/mol. The molecule has 0 aliphatic heterocycles. The fourth-order valence-corrected chi connectivity index (χ4v) is 5.02. The second-order valence-corrected chi connectivity index (χ2v) is 8.36. The molecule has 1 heterocycles. The maximum absolute atomic E-state index is 12.0. The molecule has 1 fully saturated rings. The third kappa shape index (κ3) is 3.32. The van der Waals surface area contributed by atoms with Crippen LogP contribution < -0.4 is 16.4 Å². The molecule has 1 aliphatic carbocycles. The summed E-state index contributed by atoms with van der Waals surface area (Å²) in [6, 6.07) is 0.279. The molecule has 0 radical (unpaired) electrons.